The van der Waals surface area contributed by atoms with Crippen LogP contribution < -0.4 is 0 Å². The van der Waals surface area contributed by atoms with Crippen LogP contribution in [-0.2, 0) is 4.74 Å². The molecule has 0 amide bonds. The van der Waals surface area contributed by atoms with Crippen LogP contribution in [0.5, 0.6) is 0 Å². The van der Waals surface area contributed by atoms with E-state index >= 15 is 0 Å². The number of nitrogens with zero attached hydrogens (tertiary/aromatic N) is 1. The molecule has 0 saturated carbocycles. The first kappa shape index (κ1) is 10.7. The van der Waals surface area contributed by atoms with Crippen LogP contribution in [0.3, 0.4) is 0 Å². The summed E-state index contributed by atoms with van der Waals surface area (Å²) in [6, 6.07) is 8.41. The molecule has 0 unspecified atom stereocenters. The van der Waals surface area contributed by atoms with Crippen molar-refractivity contribution in [1.29, 1.82) is 0 Å². The topological polar surface area (TPSA) is 21.6 Å². The zero-order chi connectivity index (χ0) is 10.8. The lowest BCUT2D eigenvalue weighted by Gasteiger charge is -2.24. The molecule has 0 radical (unpaired) electrons. The Hall–Kier alpha value is -0.830. The van der Waals surface area contributed by atoms with Crippen LogP contribution in [0.15, 0.2) is 33.7 Å². The Bertz CT molecular complexity index is 372. The van der Waals surface area contributed by atoms with Crippen molar-refractivity contribution in [2.24, 2.45) is 4.99 Å². The minimum absolute atomic E-state index is 0.260. The molecule has 2 rings (SSSR count). The number of aliphatic imine (C=N–C) groups is 1. The summed E-state index contributed by atoms with van der Waals surface area (Å²) >= 11 is 3.41. The number of hydrogen-bond acceptors (Lipinski definition) is 2. The molecule has 0 saturated heterocycles. The molecule has 2 nitrogen and oxygen atoms in total. The number of ether oxygens (including phenoxy) is 1. The highest BCUT2D eigenvalue weighted by molar-refractivity contribution is 9.10. The Kier molecular flexibility index (Phi) is 3.10. The lowest BCUT2D eigenvalue weighted by atomic mass is 10.1. The first-order valence-electron chi connectivity index (χ1n) is 5.15. The maximum atomic E-state index is 5.72. The average Bonchev–Trinajstić information content (AvgIpc) is 2.17. The standard InChI is InChI=1S/C12H14BrNO/c1-8-7-9(2)15-12(14-8)10-3-5-11(13)6-4-10/h3-6,8-9H,7H2,1-2H3/t8-,9-/m1/s1. The molecule has 1 aliphatic heterocycles. The summed E-state index contributed by atoms with van der Waals surface area (Å²) in [6.07, 6.45) is 1.26. The second-order valence-electron chi connectivity index (χ2n) is 3.95. The molecule has 1 heterocycles. The van der Waals surface area contributed by atoms with E-state index in [1.807, 2.05) is 24.3 Å². The van der Waals surface area contributed by atoms with Gasteiger partial charge in [-0.05, 0) is 38.1 Å². The molecule has 0 N–H and O–H groups in total. The summed E-state index contributed by atoms with van der Waals surface area (Å²) in [5.41, 5.74) is 1.05. The fraction of sp³-hybridized carbons (Fsp3) is 0.417. The molecule has 0 fully saturated rings. The predicted octanol–water partition coefficient (Wildman–Crippen LogP) is 3.39. The molecule has 0 aliphatic carbocycles. The minimum atomic E-state index is 0.260. The van der Waals surface area contributed by atoms with Gasteiger partial charge < -0.3 is 4.74 Å². The van der Waals surface area contributed by atoms with Crippen LogP contribution in [0.1, 0.15) is 25.8 Å². The summed E-state index contributed by atoms with van der Waals surface area (Å²) in [6.45, 7) is 4.21. The number of hydrogen-bond donors (Lipinski definition) is 0. The second kappa shape index (κ2) is 4.35. The van der Waals surface area contributed by atoms with Crippen LogP contribution in [0.4, 0.5) is 0 Å². The molecule has 80 valence electrons. The summed E-state index contributed by atoms with van der Waals surface area (Å²) in [5, 5.41) is 0. The lowest BCUT2D eigenvalue weighted by molar-refractivity contribution is 0.171. The van der Waals surface area contributed by atoms with Crippen molar-refractivity contribution in [3.8, 4) is 0 Å². The summed E-state index contributed by atoms with van der Waals surface area (Å²) in [4.78, 5) is 4.51. The van der Waals surface area contributed by atoms with Crippen molar-refractivity contribution >= 4 is 21.8 Å². The minimum Gasteiger partial charge on any atom is -0.474 e. The Labute approximate surface area is 98.5 Å². The quantitative estimate of drug-likeness (QED) is 0.765. The first-order valence-corrected chi connectivity index (χ1v) is 5.95. The molecule has 1 aromatic carbocycles. The van der Waals surface area contributed by atoms with Gasteiger partial charge in [-0.2, -0.15) is 0 Å². The summed E-state index contributed by atoms with van der Waals surface area (Å²) < 4.78 is 6.79. The first-order chi connectivity index (χ1) is 7.15. The maximum absolute atomic E-state index is 5.72. The Balaban J connectivity index is 2.26. The van der Waals surface area contributed by atoms with E-state index < -0.39 is 0 Å². The molecule has 1 aliphatic rings. The highest BCUT2D eigenvalue weighted by Crippen LogP contribution is 2.18. The van der Waals surface area contributed by atoms with Gasteiger partial charge in [-0.1, -0.05) is 15.9 Å². The maximum Gasteiger partial charge on any atom is 0.216 e. The molecular formula is C12H14BrNO. The molecule has 2 atom stereocenters. The lowest BCUT2D eigenvalue weighted by Crippen LogP contribution is -2.26. The van der Waals surface area contributed by atoms with Gasteiger partial charge in [-0.15, -0.1) is 0 Å². The van der Waals surface area contributed by atoms with Gasteiger partial charge in [0.2, 0.25) is 5.90 Å². The summed E-state index contributed by atoms with van der Waals surface area (Å²) in [5.74, 6) is 0.772. The van der Waals surface area contributed by atoms with Gasteiger partial charge in [0.1, 0.15) is 0 Å². The third-order valence-electron chi connectivity index (χ3n) is 2.41. The average molecular weight is 268 g/mol. The zero-order valence-corrected chi connectivity index (χ0v) is 10.5. The third-order valence-corrected chi connectivity index (χ3v) is 2.94. The highest BCUT2D eigenvalue weighted by Gasteiger charge is 2.19. The molecule has 0 spiro atoms. The Morgan fingerprint density at radius 1 is 1.27 bits per heavy atom. The SMILES string of the molecule is C[C@@H]1C[C@@H](C)OC(c2ccc(Br)cc2)=N1. The van der Waals surface area contributed by atoms with E-state index in [0.29, 0.717) is 6.04 Å². The monoisotopic (exact) mass is 267 g/mol. The zero-order valence-electron chi connectivity index (χ0n) is 8.90. The van der Waals surface area contributed by atoms with Gasteiger partial charge in [0.15, 0.2) is 0 Å². The van der Waals surface area contributed by atoms with Crippen LogP contribution in [0.2, 0.25) is 0 Å². The normalized spacial score (nSPS) is 25.7. The number of rotatable bonds is 1. The van der Waals surface area contributed by atoms with Crippen LogP contribution in [0, 0.1) is 0 Å². The van der Waals surface area contributed by atoms with E-state index in [-0.39, 0.29) is 6.10 Å². The van der Waals surface area contributed by atoms with Crippen LogP contribution in [-0.4, -0.2) is 18.0 Å². The van der Waals surface area contributed by atoms with Gasteiger partial charge in [0, 0.05) is 16.5 Å². The van der Waals surface area contributed by atoms with Crippen molar-refractivity contribution in [2.45, 2.75) is 32.4 Å². The van der Waals surface area contributed by atoms with Gasteiger partial charge in [0.05, 0.1) is 12.1 Å². The van der Waals surface area contributed by atoms with E-state index in [1.165, 1.54) is 0 Å². The van der Waals surface area contributed by atoms with Crippen molar-refractivity contribution in [3.05, 3.63) is 34.3 Å². The Morgan fingerprint density at radius 2 is 1.93 bits per heavy atom. The van der Waals surface area contributed by atoms with E-state index in [1.54, 1.807) is 0 Å². The van der Waals surface area contributed by atoms with Crippen molar-refractivity contribution in [2.75, 3.05) is 0 Å². The van der Waals surface area contributed by atoms with Crippen molar-refractivity contribution < 1.29 is 4.74 Å². The van der Waals surface area contributed by atoms with Crippen LogP contribution >= 0.6 is 15.9 Å². The molecule has 3 heteroatoms. The molecule has 0 bridgehead atoms. The second-order valence-corrected chi connectivity index (χ2v) is 4.87. The van der Waals surface area contributed by atoms with Crippen molar-refractivity contribution in [1.82, 2.24) is 0 Å². The number of halogens is 1. The van der Waals surface area contributed by atoms with Gasteiger partial charge in [-0.25, -0.2) is 4.99 Å². The van der Waals surface area contributed by atoms with Gasteiger partial charge in [0.25, 0.3) is 0 Å². The smallest absolute Gasteiger partial charge is 0.216 e. The third kappa shape index (κ3) is 2.59. The van der Waals surface area contributed by atoms with Crippen LogP contribution in [0.25, 0.3) is 0 Å². The van der Waals surface area contributed by atoms with Gasteiger partial charge >= 0.3 is 0 Å². The predicted molar refractivity (Wildman–Crippen MR) is 65.3 cm³/mol. The van der Waals surface area contributed by atoms with E-state index in [9.17, 15) is 0 Å². The van der Waals surface area contributed by atoms with E-state index in [0.717, 1.165) is 22.4 Å². The fourth-order valence-corrected chi connectivity index (χ4v) is 2.00. The van der Waals surface area contributed by atoms with Gasteiger partial charge in [-0.3, -0.25) is 0 Å². The molecule has 0 aromatic heterocycles. The van der Waals surface area contributed by atoms with Crippen molar-refractivity contribution in [3.63, 3.8) is 0 Å². The summed E-state index contributed by atoms with van der Waals surface area (Å²) in [7, 11) is 0. The molecule has 15 heavy (non-hydrogen) atoms. The molecule has 1 aromatic rings. The van der Waals surface area contributed by atoms with E-state index in [2.05, 4.69) is 34.8 Å². The largest absolute Gasteiger partial charge is 0.474 e. The highest BCUT2D eigenvalue weighted by atomic mass is 79.9. The molecular weight excluding hydrogens is 254 g/mol. The fourth-order valence-electron chi connectivity index (χ4n) is 1.74. The van der Waals surface area contributed by atoms with E-state index in [4.69, 9.17) is 4.74 Å². The Morgan fingerprint density at radius 3 is 2.53 bits per heavy atom. The number of benzene rings is 1.